The molecule has 0 spiro atoms. The molecule has 1 aliphatic rings. The predicted octanol–water partition coefficient (Wildman–Crippen LogP) is 4.01. The van der Waals surface area contributed by atoms with E-state index in [1.54, 1.807) is 12.1 Å². The zero-order chi connectivity index (χ0) is 17.1. The quantitative estimate of drug-likeness (QED) is 0.658. The minimum absolute atomic E-state index is 0.0500. The van der Waals surface area contributed by atoms with Gasteiger partial charge in [-0.15, -0.1) is 0 Å². The lowest BCUT2D eigenvalue weighted by molar-refractivity contribution is -0.144. The standard InChI is InChI=1S/C20H21NO3/c21-16-11-9-14(10-12-16)13-5-7-15(8-6-13)19(22)17-3-1-2-4-18(17)20(23)24/h5-12,17-18H,1-4,21H2,(H,23,24)/t17-,18+/m0/s1. The van der Waals surface area contributed by atoms with Crippen LogP contribution in [0.25, 0.3) is 11.1 Å². The van der Waals surface area contributed by atoms with Gasteiger partial charge in [0.1, 0.15) is 0 Å². The topological polar surface area (TPSA) is 80.4 Å². The molecule has 0 amide bonds. The zero-order valence-corrected chi connectivity index (χ0v) is 13.4. The number of carboxylic acids is 1. The Morgan fingerprint density at radius 1 is 0.833 bits per heavy atom. The van der Waals surface area contributed by atoms with Crippen molar-refractivity contribution in [1.29, 1.82) is 0 Å². The van der Waals surface area contributed by atoms with Crippen molar-refractivity contribution in [1.82, 2.24) is 0 Å². The second kappa shape index (κ2) is 6.87. The molecule has 3 N–H and O–H groups in total. The Morgan fingerprint density at radius 2 is 1.33 bits per heavy atom. The van der Waals surface area contributed by atoms with E-state index in [4.69, 9.17) is 5.73 Å². The minimum Gasteiger partial charge on any atom is -0.481 e. The van der Waals surface area contributed by atoms with Gasteiger partial charge in [0.05, 0.1) is 5.92 Å². The average Bonchev–Trinajstić information content (AvgIpc) is 2.62. The van der Waals surface area contributed by atoms with Gasteiger partial charge in [0.25, 0.3) is 0 Å². The number of nitrogens with two attached hydrogens (primary N) is 1. The second-order valence-corrected chi connectivity index (χ2v) is 6.40. The number of hydrogen-bond donors (Lipinski definition) is 2. The van der Waals surface area contributed by atoms with E-state index in [-0.39, 0.29) is 5.78 Å². The molecule has 0 heterocycles. The molecule has 2 aromatic rings. The molecule has 3 rings (SSSR count). The lowest BCUT2D eigenvalue weighted by Gasteiger charge is -2.27. The molecule has 24 heavy (non-hydrogen) atoms. The number of carboxylic acid groups (broad SMARTS) is 1. The molecular weight excluding hydrogens is 302 g/mol. The van der Waals surface area contributed by atoms with E-state index < -0.39 is 17.8 Å². The van der Waals surface area contributed by atoms with E-state index in [2.05, 4.69) is 0 Å². The van der Waals surface area contributed by atoms with Crippen molar-refractivity contribution >= 4 is 17.4 Å². The van der Waals surface area contributed by atoms with Gasteiger partial charge in [0.2, 0.25) is 0 Å². The Morgan fingerprint density at radius 3 is 1.88 bits per heavy atom. The molecule has 2 atom stereocenters. The number of benzene rings is 2. The van der Waals surface area contributed by atoms with Crippen LogP contribution >= 0.6 is 0 Å². The summed E-state index contributed by atoms with van der Waals surface area (Å²) in [7, 11) is 0. The largest absolute Gasteiger partial charge is 0.481 e. The van der Waals surface area contributed by atoms with Crippen molar-refractivity contribution in [2.24, 2.45) is 11.8 Å². The highest BCUT2D eigenvalue weighted by molar-refractivity contribution is 6.00. The Balaban J connectivity index is 1.80. The lowest BCUT2D eigenvalue weighted by Crippen LogP contribution is -2.32. The molecule has 0 unspecified atom stereocenters. The fourth-order valence-corrected chi connectivity index (χ4v) is 3.46. The summed E-state index contributed by atoms with van der Waals surface area (Å²) in [6, 6.07) is 14.9. The Bertz CT molecular complexity index is 734. The van der Waals surface area contributed by atoms with Crippen LogP contribution in [0.15, 0.2) is 48.5 Å². The molecule has 2 aromatic carbocycles. The van der Waals surface area contributed by atoms with Crippen LogP contribution in [0.4, 0.5) is 5.69 Å². The Kier molecular flexibility index (Phi) is 4.65. The van der Waals surface area contributed by atoms with Crippen LogP contribution in [0, 0.1) is 11.8 Å². The van der Waals surface area contributed by atoms with Crippen LogP contribution in [0.5, 0.6) is 0 Å². The molecule has 1 fully saturated rings. The summed E-state index contributed by atoms with van der Waals surface area (Å²) in [4.78, 5) is 24.1. The normalized spacial score (nSPS) is 20.5. The number of rotatable bonds is 4. The van der Waals surface area contributed by atoms with Gasteiger partial charge in [-0.1, -0.05) is 49.2 Å². The summed E-state index contributed by atoms with van der Waals surface area (Å²) in [6.07, 6.45) is 3.06. The van der Waals surface area contributed by atoms with E-state index in [1.807, 2.05) is 36.4 Å². The molecule has 4 nitrogen and oxygen atoms in total. The van der Waals surface area contributed by atoms with Crippen molar-refractivity contribution < 1.29 is 14.7 Å². The van der Waals surface area contributed by atoms with E-state index in [0.717, 1.165) is 24.0 Å². The molecule has 1 aliphatic carbocycles. The second-order valence-electron chi connectivity index (χ2n) is 6.40. The number of Topliss-reactive ketones (excluding diaryl/α,β-unsaturated/α-hetero) is 1. The number of hydrogen-bond acceptors (Lipinski definition) is 3. The van der Waals surface area contributed by atoms with Crippen molar-refractivity contribution in [3.63, 3.8) is 0 Å². The summed E-state index contributed by atoms with van der Waals surface area (Å²) < 4.78 is 0. The lowest BCUT2D eigenvalue weighted by atomic mass is 9.75. The molecular formula is C20H21NO3. The highest BCUT2D eigenvalue weighted by atomic mass is 16.4. The van der Waals surface area contributed by atoms with Gasteiger partial charge in [0, 0.05) is 17.2 Å². The summed E-state index contributed by atoms with van der Waals surface area (Å²) in [5.41, 5.74) is 9.03. The van der Waals surface area contributed by atoms with Crippen LogP contribution in [0.1, 0.15) is 36.0 Å². The zero-order valence-electron chi connectivity index (χ0n) is 13.4. The Hall–Kier alpha value is -2.62. The molecule has 1 saturated carbocycles. The van der Waals surface area contributed by atoms with Gasteiger partial charge < -0.3 is 10.8 Å². The fraction of sp³-hybridized carbons (Fsp3) is 0.300. The number of ketones is 1. The fourth-order valence-electron chi connectivity index (χ4n) is 3.46. The van der Waals surface area contributed by atoms with E-state index in [1.165, 1.54) is 0 Å². The summed E-state index contributed by atoms with van der Waals surface area (Å²) in [5, 5.41) is 9.36. The van der Waals surface area contributed by atoms with Gasteiger partial charge >= 0.3 is 5.97 Å². The Labute approximate surface area is 141 Å². The number of nitrogen functional groups attached to an aromatic ring is 1. The van der Waals surface area contributed by atoms with E-state index in [0.29, 0.717) is 24.1 Å². The third-order valence-corrected chi connectivity index (χ3v) is 4.83. The molecule has 4 heteroatoms. The van der Waals surface area contributed by atoms with Crippen LogP contribution in [-0.4, -0.2) is 16.9 Å². The summed E-state index contributed by atoms with van der Waals surface area (Å²) in [6.45, 7) is 0. The van der Waals surface area contributed by atoms with E-state index >= 15 is 0 Å². The third-order valence-electron chi connectivity index (χ3n) is 4.83. The van der Waals surface area contributed by atoms with Gasteiger partial charge in [0.15, 0.2) is 5.78 Å². The van der Waals surface area contributed by atoms with Gasteiger partial charge in [-0.25, -0.2) is 0 Å². The number of carbonyl (C=O) groups excluding carboxylic acids is 1. The maximum absolute atomic E-state index is 12.7. The first-order valence-corrected chi connectivity index (χ1v) is 8.29. The number of aliphatic carboxylic acids is 1. The van der Waals surface area contributed by atoms with Crippen molar-refractivity contribution in [2.75, 3.05) is 5.73 Å². The maximum Gasteiger partial charge on any atom is 0.307 e. The van der Waals surface area contributed by atoms with Gasteiger partial charge in [-0.3, -0.25) is 9.59 Å². The smallest absolute Gasteiger partial charge is 0.307 e. The van der Waals surface area contributed by atoms with Crippen LogP contribution in [0.3, 0.4) is 0 Å². The van der Waals surface area contributed by atoms with Crippen molar-refractivity contribution in [3.05, 3.63) is 54.1 Å². The number of anilines is 1. The first kappa shape index (κ1) is 16.2. The number of carbonyl (C=O) groups is 2. The average molecular weight is 323 g/mol. The summed E-state index contributed by atoms with van der Waals surface area (Å²) in [5.74, 6) is -1.86. The van der Waals surface area contributed by atoms with E-state index in [9.17, 15) is 14.7 Å². The minimum atomic E-state index is -0.855. The predicted molar refractivity (Wildman–Crippen MR) is 93.7 cm³/mol. The molecule has 0 aliphatic heterocycles. The monoisotopic (exact) mass is 323 g/mol. The first-order valence-electron chi connectivity index (χ1n) is 8.29. The summed E-state index contributed by atoms with van der Waals surface area (Å²) >= 11 is 0. The third kappa shape index (κ3) is 3.32. The SMILES string of the molecule is Nc1ccc(-c2ccc(C(=O)[C@H]3CCCC[C@H]3C(=O)O)cc2)cc1. The molecule has 0 aromatic heterocycles. The van der Waals surface area contributed by atoms with Crippen molar-refractivity contribution in [2.45, 2.75) is 25.7 Å². The molecule has 0 bridgehead atoms. The first-order chi connectivity index (χ1) is 11.6. The molecule has 124 valence electrons. The van der Waals surface area contributed by atoms with Gasteiger partial charge in [-0.2, -0.15) is 0 Å². The maximum atomic E-state index is 12.7. The van der Waals surface area contributed by atoms with Crippen LogP contribution in [0.2, 0.25) is 0 Å². The van der Waals surface area contributed by atoms with Crippen LogP contribution < -0.4 is 5.73 Å². The van der Waals surface area contributed by atoms with Crippen LogP contribution in [-0.2, 0) is 4.79 Å². The van der Waals surface area contributed by atoms with Crippen molar-refractivity contribution in [3.8, 4) is 11.1 Å². The van der Waals surface area contributed by atoms with Gasteiger partial charge in [-0.05, 0) is 36.1 Å². The molecule has 0 saturated heterocycles. The molecule has 0 radical (unpaired) electrons. The highest BCUT2D eigenvalue weighted by Gasteiger charge is 2.35. The highest BCUT2D eigenvalue weighted by Crippen LogP contribution is 2.33.